The number of hydrogen-bond donors (Lipinski definition) is 1. The van der Waals surface area contributed by atoms with Crippen molar-refractivity contribution in [3.05, 3.63) is 17.0 Å². The van der Waals surface area contributed by atoms with E-state index in [9.17, 15) is 0 Å². The maximum atomic E-state index is 5.99. The standard InChI is InChI=1S/C13H24N4/c1-5-17-11(4)13(9(2)15-17)10(3)16-7-6-12(14)8-16/h10,12H,5-8,14H2,1-4H3. The summed E-state index contributed by atoms with van der Waals surface area (Å²) in [5.74, 6) is 0. The lowest BCUT2D eigenvalue weighted by Crippen LogP contribution is -2.29. The van der Waals surface area contributed by atoms with Gasteiger partial charge in [-0.25, -0.2) is 0 Å². The number of nitrogens with zero attached hydrogens (tertiary/aromatic N) is 3. The molecule has 1 aromatic heterocycles. The first-order valence-electron chi connectivity index (χ1n) is 6.58. The van der Waals surface area contributed by atoms with E-state index in [2.05, 4.69) is 42.4 Å². The van der Waals surface area contributed by atoms with Crippen molar-refractivity contribution in [3.63, 3.8) is 0 Å². The van der Waals surface area contributed by atoms with Gasteiger partial charge < -0.3 is 5.73 Å². The van der Waals surface area contributed by atoms with Crippen molar-refractivity contribution in [2.75, 3.05) is 13.1 Å². The van der Waals surface area contributed by atoms with Crippen LogP contribution in [0.1, 0.15) is 43.3 Å². The van der Waals surface area contributed by atoms with E-state index in [-0.39, 0.29) is 0 Å². The van der Waals surface area contributed by atoms with Gasteiger partial charge in [0.05, 0.1) is 5.69 Å². The lowest BCUT2D eigenvalue weighted by molar-refractivity contribution is 0.258. The highest BCUT2D eigenvalue weighted by Crippen LogP contribution is 2.28. The summed E-state index contributed by atoms with van der Waals surface area (Å²) in [6.45, 7) is 11.8. The van der Waals surface area contributed by atoms with Crippen molar-refractivity contribution in [3.8, 4) is 0 Å². The van der Waals surface area contributed by atoms with Crippen LogP contribution in [0.15, 0.2) is 0 Å². The Kier molecular flexibility index (Phi) is 3.54. The highest BCUT2D eigenvalue weighted by atomic mass is 15.3. The smallest absolute Gasteiger partial charge is 0.0644 e. The summed E-state index contributed by atoms with van der Waals surface area (Å²) in [5, 5.41) is 4.60. The highest BCUT2D eigenvalue weighted by Gasteiger charge is 2.27. The van der Waals surface area contributed by atoms with Crippen molar-refractivity contribution in [1.29, 1.82) is 0 Å². The second-order valence-electron chi connectivity index (χ2n) is 5.12. The normalized spacial score (nSPS) is 23.2. The molecule has 17 heavy (non-hydrogen) atoms. The van der Waals surface area contributed by atoms with Crippen LogP contribution in [0.3, 0.4) is 0 Å². The zero-order chi connectivity index (χ0) is 12.6. The van der Waals surface area contributed by atoms with E-state index in [0.717, 1.165) is 31.7 Å². The molecule has 1 aliphatic heterocycles. The quantitative estimate of drug-likeness (QED) is 0.867. The number of aromatic nitrogens is 2. The van der Waals surface area contributed by atoms with Gasteiger partial charge in [-0.1, -0.05) is 0 Å². The van der Waals surface area contributed by atoms with Gasteiger partial charge in [-0.05, 0) is 34.1 Å². The minimum Gasteiger partial charge on any atom is -0.326 e. The Bertz CT molecular complexity index is 396. The number of rotatable bonds is 3. The van der Waals surface area contributed by atoms with E-state index in [1.165, 1.54) is 11.3 Å². The summed E-state index contributed by atoms with van der Waals surface area (Å²) in [7, 11) is 0. The SMILES string of the molecule is CCn1nc(C)c(C(C)N2CCC(N)C2)c1C. The van der Waals surface area contributed by atoms with E-state index >= 15 is 0 Å². The molecule has 0 aliphatic carbocycles. The molecule has 1 saturated heterocycles. The average molecular weight is 236 g/mol. The number of likely N-dealkylation sites (tertiary alicyclic amines) is 1. The zero-order valence-corrected chi connectivity index (χ0v) is 11.4. The van der Waals surface area contributed by atoms with Crippen LogP contribution < -0.4 is 5.73 Å². The van der Waals surface area contributed by atoms with E-state index in [1.807, 2.05) is 0 Å². The van der Waals surface area contributed by atoms with Crippen LogP contribution in [0.5, 0.6) is 0 Å². The van der Waals surface area contributed by atoms with Gasteiger partial charge in [-0.3, -0.25) is 9.58 Å². The molecule has 1 fully saturated rings. The fourth-order valence-electron chi connectivity index (χ4n) is 2.97. The van der Waals surface area contributed by atoms with Crippen LogP contribution in [0, 0.1) is 13.8 Å². The summed E-state index contributed by atoms with van der Waals surface area (Å²) in [6.07, 6.45) is 1.12. The summed E-state index contributed by atoms with van der Waals surface area (Å²) in [5.41, 5.74) is 9.84. The van der Waals surface area contributed by atoms with Gasteiger partial charge in [-0.15, -0.1) is 0 Å². The molecule has 0 radical (unpaired) electrons. The predicted octanol–water partition coefficient (Wildman–Crippen LogP) is 1.61. The fourth-order valence-corrected chi connectivity index (χ4v) is 2.97. The van der Waals surface area contributed by atoms with Gasteiger partial charge in [0, 0.05) is 43.0 Å². The molecule has 2 N–H and O–H groups in total. The lowest BCUT2D eigenvalue weighted by Gasteiger charge is -2.24. The Morgan fingerprint density at radius 3 is 2.65 bits per heavy atom. The molecular weight excluding hydrogens is 212 g/mol. The molecular formula is C13H24N4. The third kappa shape index (κ3) is 2.24. The number of aryl methyl sites for hydroxylation is 2. The van der Waals surface area contributed by atoms with Crippen LogP contribution in [0.2, 0.25) is 0 Å². The van der Waals surface area contributed by atoms with Gasteiger partial charge in [0.1, 0.15) is 0 Å². The topological polar surface area (TPSA) is 47.1 Å². The summed E-state index contributed by atoms with van der Waals surface area (Å²) in [4.78, 5) is 2.47. The summed E-state index contributed by atoms with van der Waals surface area (Å²) >= 11 is 0. The molecule has 0 amide bonds. The molecule has 0 spiro atoms. The highest BCUT2D eigenvalue weighted by molar-refractivity contribution is 5.28. The molecule has 2 unspecified atom stereocenters. The van der Waals surface area contributed by atoms with Gasteiger partial charge in [0.2, 0.25) is 0 Å². The lowest BCUT2D eigenvalue weighted by atomic mass is 10.1. The van der Waals surface area contributed by atoms with E-state index < -0.39 is 0 Å². The molecule has 0 bridgehead atoms. The molecule has 0 saturated carbocycles. The van der Waals surface area contributed by atoms with Crippen molar-refractivity contribution in [1.82, 2.24) is 14.7 Å². The van der Waals surface area contributed by atoms with Gasteiger partial charge in [0.15, 0.2) is 0 Å². The van der Waals surface area contributed by atoms with Gasteiger partial charge in [0.25, 0.3) is 0 Å². The van der Waals surface area contributed by atoms with Crippen molar-refractivity contribution in [2.45, 2.75) is 52.7 Å². The molecule has 2 heterocycles. The van der Waals surface area contributed by atoms with Crippen LogP contribution in [0.4, 0.5) is 0 Å². The molecule has 4 heteroatoms. The van der Waals surface area contributed by atoms with Crippen LogP contribution in [-0.4, -0.2) is 33.8 Å². The van der Waals surface area contributed by atoms with Crippen molar-refractivity contribution < 1.29 is 0 Å². The molecule has 1 aliphatic rings. The Morgan fingerprint density at radius 1 is 1.47 bits per heavy atom. The monoisotopic (exact) mass is 236 g/mol. The van der Waals surface area contributed by atoms with Gasteiger partial charge >= 0.3 is 0 Å². The Hall–Kier alpha value is -0.870. The third-order valence-corrected chi connectivity index (χ3v) is 3.96. The van der Waals surface area contributed by atoms with Crippen LogP contribution in [0.25, 0.3) is 0 Å². The van der Waals surface area contributed by atoms with Crippen LogP contribution in [-0.2, 0) is 6.54 Å². The average Bonchev–Trinajstić information content (AvgIpc) is 2.83. The van der Waals surface area contributed by atoms with Crippen molar-refractivity contribution >= 4 is 0 Å². The minimum atomic E-state index is 0.347. The minimum absolute atomic E-state index is 0.347. The maximum absolute atomic E-state index is 5.99. The van der Waals surface area contributed by atoms with E-state index in [1.54, 1.807) is 0 Å². The van der Waals surface area contributed by atoms with E-state index in [4.69, 9.17) is 5.73 Å². The first kappa shape index (κ1) is 12.6. The van der Waals surface area contributed by atoms with Crippen molar-refractivity contribution in [2.24, 2.45) is 5.73 Å². The summed E-state index contributed by atoms with van der Waals surface area (Å²) < 4.78 is 2.09. The molecule has 0 aromatic carbocycles. The molecule has 2 rings (SSSR count). The maximum Gasteiger partial charge on any atom is 0.0644 e. The zero-order valence-electron chi connectivity index (χ0n) is 11.4. The second-order valence-corrected chi connectivity index (χ2v) is 5.12. The Morgan fingerprint density at radius 2 is 2.18 bits per heavy atom. The van der Waals surface area contributed by atoms with E-state index in [0.29, 0.717) is 12.1 Å². The first-order chi connectivity index (χ1) is 8.04. The Labute approximate surface area is 104 Å². The van der Waals surface area contributed by atoms with Crippen LogP contribution >= 0.6 is 0 Å². The molecule has 4 nitrogen and oxygen atoms in total. The Balaban J connectivity index is 2.24. The molecule has 1 aromatic rings. The third-order valence-electron chi connectivity index (χ3n) is 3.96. The fraction of sp³-hybridized carbons (Fsp3) is 0.769. The number of nitrogens with two attached hydrogens (primary N) is 1. The summed E-state index contributed by atoms with van der Waals surface area (Å²) in [6, 6.07) is 0.781. The number of hydrogen-bond acceptors (Lipinski definition) is 3. The van der Waals surface area contributed by atoms with Gasteiger partial charge in [-0.2, -0.15) is 5.10 Å². The predicted molar refractivity (Wildman–Crippen MR) is 70.0 cm³/mol. The molecule has 96 valence electrons. The largest absolute Gasteiger partial charge is 0.326 e. The molecule has 2 atom stereocenters. The first-order valence-corrected chi connectivity index (χ1v) is 6.58. The second kappa shape index (κ2) is 4.78.